The lowest BCUT2D eigenvalue weighted by molar-refractivity contribution is -0.136. The minimum Gasteiger partial charge on any atom is -0.338 e. The standard InChI is InChI=1S/C19H26N4O3/c1-14(24)15-5-3-6-16(13-15)20-19(26)23-11-9-22(10-12-23)18(25)17-7-4-8-21(17)2/h3,5-6,13,17H,4,7-12H2,1-2H3,(H,20,26). The van der Waals surface area contributed by atoms with Crippen molar-refractivity contribution < 1.29 is 14.4 Å². The molecule has 1 N–H and O–H groups in total. The van der Waals surface area contributed by atoms with Crippen LogP contribution >= 0.6 is 0 Å². The van der Waals surface area contributed by atoms with Crippen molar-refractivity contribution in [2.45, 2.75) is 25.8 Å². The zero-order valence-electron chi connectivity index (χ0n) is 15.4. The van der Waals surface area contributed by atoms with Crippen LogP contribution in [0.3, 0.4) is 0 Å². The molecule has 1 aromatic rings. The largest absolute Gasteiger partial charge is 0.338 e. The Bertz CT molecular complexity index is 698. The molecule has 1 atom stereocenters. The maximum atomic E-state index is 12.6. The number of rotatable bonds is 3. The summed E-state index contributed by atoms with van der Waals surface area (Å²) < 4.78 is 0. The highest BCUT2D eigenvalue weighted by Crippen LogP contribution is 2.18. The topological polar surface area (TPSA) is 73.0 Å². The van der Waals surface area contributed by atoms with E-state index in [-0.39, 0.29) is 23.8 Å². The van der Waals surface area contributed by atoms with Gasteiger partial charge in [0.05, 0.1) is 6.04 Å². The Morgan fingerprint density at radius 1 is 1.04 bits per heavy atom. The molecule has 1 unspecified atom stereocenters. The molecule has 0 spiro atoms. The Labute approximate surface area is 153 Å². The van der Waals surface area contributed by atoms with Gasteiger partial charge in [0.25, 0.3) is 0 Å². The van der Waals surface area contributed by atoms with Crippen molar-refractivity contribution in [1.82, 2.24) is 14.7 Å². The van der Waals surface area contributed by atoms with Gasteiger partial charge in [0.15, 0.2) is 5.78 Å². The van der Waals surface area contributed by atoms with Gasteiger partial charge in [-0.1, -0.05) is 12.1 Å². The Kier molecular flexibility index (Phi) is 5.56. The number of carbonyl (C=O) groups is 3. The van der Waals surface area contributed by atoms with Crippen LogP contribution in [0, 0.1) is 0 Å². The number of hydrogen-bond acceptors (Lipinski definition) is 4. The number of carbonyl (C=O) groups excluding carboxylic acids is 3. The molecule has 2 fully saturated rings. The van der Waals surface area contributed by atoms with Crippen LogP contribution < -0.4 is 5.32 Å². The number of urea groups is 1. The monoisotopic (exact) mass is 358 g/mol. The molecular weight excluding hydrogens is 332 g/mol. The molecule has 2 aliphatic heterocycles. The van der Waals surface area contributed by atoms with Crippen LogP contribution in [0.5, 0.6) is 0 Å². The van der Waals surface area contributed by atoms with Gasteiger partial charge in [0, 0.05) is 37.4 Å². The summed E-state index contributed by atoms with van der Waals surface area (Å²) in [6.07, 6.45) is 1.98. The molecule has 0 aromatic heterocycles. The summed E-state index contributed by atoms with van der Waals surface area (Å²) in [6, 6.07) is 6.71. The molecule has 7 heteroatoms. The highest BCUT2D eigenvalue weighted by molar-refractivity contribution is 5.96. The number of ketones is 1. The maximum absolute atomic E-state index is 12.6. The Hall–Kier alpha value is -2.41. The average Bonchev–Trinajstić information content (AvgIpc) is 3.07. The van der Waals surface area contributed by atoms with Gasteiger partial charge in [-0.25, -0.2) is 4.79 Å². The van der Waals surface area contributed by atoms with Crippen LogP contribution in [0.15, 0.2) is 24.3 Å². The molecule has 0 aliphatic carbocycles. The highest BCUT2D eigenvalue weighted by Gasteiger charge is 2.33. The minimum absolute atomic E-state index is 0.00954. The molecule has 0 bridgehead atoms. The number of nitrogens with one attached hydrogen (secondary N) is 1. The van der Waals surface area contributed by atoms with E-state index in [9.17, 15) is 14.4 Å². The average molecular weight is 358 g/mol. The Morgan fingerprint density at radius 3 is 2.35 bits per heavy atom. The SMILES string of the molecule is CC(=O)c1cccc(NC(=O)N2CCN(C(=O)C3CCCN3C)CC2)c1. The highest BCUT2D eigenvalue weighted by atomic mass is 16.2. The van der Waals surface area contributed by atoms with E-state index in [1.54, 1.807) is 29.2 Å². The quantitative estimate of drug-likeness (QED) is 0.834. The van der Waals surface area contributed by atoms with E-state index in [4.69, 9.17) is 0 Å². The first kappa shape index (κ1) is 18.4. The zero-order chi connectivity index (χ0) is 18.7. The van der Waals surface area contributed by atoms with E-state index in [2.05, 4.69) is 10.2 Å². The summed E-state index contributed by atoms with van der Waals surface area (Å²) in [5.74, 6) is 0.143. The van der Waals surface area contributed by atoms with Crippen LogP contribution in [-0.2, 0) is 4.79 Å². The first-order chi connectivity index (χ1) is 12.5. The van der Waals surface area contributed by atoms with E-state index in [0.29, 0.717) is 37.4 Å². The van der Waals surface area contributed by atoms with Crippen LogP contribution in [0.25, 0.3) is 0 Å². The smallest absolute Gasteiger partial charge is 0.321 e. The van der Waals surface area contributed by atoms with Crippen LogP contribution in [0.2, 0.25) is 0 Å². The molecule has 2 aliphatic rings. The van der Waals surface area contributed by atoms with E-state index in [1.165, 1.54) is 6.92 Å². The molecule has 1 aromatic carbocycles. The molecule has 0 radical (unpaired) electrons. The predicted molar refractivity (Wildman–Crippen MR) is 99.3 cm³/mol. The number of likely N-dealkylation sites (N-methyl/N-ethyl adjacent to an activating group) is 1. The van der Waals surface area contributed by atoms with Gasteiger partial charge >= 0.3 is 6.03 Å². The van der Waals surface area contributed by atoms with Crippen LogP contribution in [0.1, 0.15) is 30.1 Å². The summed E-state index contributed by atoms with van der Waals surface area (Å²) in [5.41, 5.74) is 1.17. The number of nitrogens with zero attached hydrogens (tertiary/aromatic N) is 3. The lowest BCUT2D eigenvalue weighted by Gasteiger charge is -2.36. The van der Waals surface area contributed by atoms with E-state index < -0.39 is 0 Å². The number of anilines is 1. The Balaban J connectivity index is 1.53. The van der Waals surface area contributed by atoms with Gasteiger partial charge in [0.2, 0.25) is 5.91 Å². The van der Waals surface area contributed by atoms with E-state index in [0.717, 1.165) is 19.4 Å². The fraction of sp³-hybridized carbons (Fsp3) is 0.526. The van der Waals surface area contributed by atoms with Gasteiger partial charge in [-0.05, 0) is 45.5 Å². The Morgan fingerprint density at radius 2 is 1.73 bits per heavy atom. The first-order valence-electron chi connectivity index (χ1n) is 9.11. The summed E-state index contributed by atoms with van der Waals surface area (Å²) in [6.45, 7) is 4.62. The maximum Gasteiger partial charge on any atom is 0.321 e. The van der Waals surface area contributed by atoms with E-state index in [1.807, 2.05) is 11.9 Å². The van der Waals surface area contributed by atoms with Crippen molar-refractivity contribution in [2.75, 3.05) is 45.1 Å². The molecule has 3 amide bonds. The van der Waals surface area contributed by atoms with Gasteiger partial charge in [-0.15, -0.1) is 0 Å². The third-order valence-corrected chi connectivity index (χ3v) is 5.20. The number of Topliss-reactive ketones (excluding diaryl/α,β-unsaturated/α-hetero) is 1. The van der Waals surface area contributed by atoms with Crippen molar-refractivity contribution in [3.8, 4) is 0 Å². The molecule has 0 saturated carbocycles. The molecule has 7 nitrogen and oxygen atoms in total. The van der Waals surface area contributed by atoms with Crippen LogP contribution in [-0.4, -0.2) is 78.2 Å². The number of likely N-dealkylation sites (tertiary alicyclic amines) is 1. The minimum atomic E-state index is -0.198. The first-order valence-corrected chi connectivity index (χ1v) is 9.11. The number of benzene rings is 1. The molecular formula is C19H26N4O3. The molecule has 26 heavy (non-hydrogen) atoms. The fourth-order valence-corrected chi connectivity index (χ4v) is 3.58. The van der Waals surface area contributed by atoms with Crippen molar-refractivity contribution in [2.24, 2.45) is 0 Å². The molecule has 140 valence electrons. The van der Waals surface area contributed by atoms with Crippen molar-refractivity contribution in [3.05, 3.63) is 29.8 Å². The zero-order valence-corrected chi connectivity index (χ0v) is 15.4. The van der Waals surface area contributed by atoms with Crippen molar-refractivity contribution in [3.63, 3.8) is 0 Å². The van der Waals surface area contributed by atoms with Gasteiger partial charge in [0.1, 0.15) is 0 Å². The fourth-order valence-electron chi connectivity index (χ4n) is 3.58. The van der Waals surface area contributed by atoms with Crippen molar-refractivity contribution in [1.29, 1.82) is 0 Å². The summed E-state index contributed by atoms with van der Waals surface area (Å²) in [7, 11) is 1.99. The normalized spacial score (nSPS) is 20.9. The molecule has 2 heterocycles. The predicted octanol–water partition coefficient (Wildman–Crippen LogP) is 1.66. The van der Waals surface area contributed by atoms with Gasteiger partial charge in [-0.3, -0.25) is 14.5 Å². The summed E-state index contributed by atoms with van der Waals surface area (Å²) in [5, 5.41) is 2.84. The second-order valence-electron chi connectivity index (χ2n) is 7.02. The van der Waals surface area contributed by atoms with Gasteiger partial charge in [-0.2, -0.15) is 0 Å². The second kappa shape index (κ2) is 7.86. The van der Waals surface area contributed by atoms with E-state index >= 15 is 0 Å². The number of piperazine rings is 1. The summed E-state index contributed by atoms with van der Waals surface area (Å²) in [4.78, 5) is 42.2. The molecule has 2 saturated heterocycles. The molecule has 3 rings (SSSR count). The third-order valence-electron chi connectivity index (χ3n) is 5.20. The van der Waals surface area contributed by atoms with Gasteiger partial charge < -0.3 is 15.1 Å². The number of hydrogen-bond donors (Lipinski definition) is 1. The van der Waals surface area contributed by atoms with Crippen LogP contribution in [0.4, 0.5) is 10.5 Å². The lowest BCUT2D eigenvalue weighted by atomic mass is 10.1. The second-order valence-corrected chi connectivity index (χ2v) is 7.02. The van der Waals surface area contributed by atoms with Crippen molar-refractivity contribution >= 4 is 23.4 Å². The lowest BCUT2D eigenvalue weighted by Crippen LogP contribution is -2.55. The summed E-state index contributed by atoms with van der Waals surface area (Å²) >= 11 is 0. The number of amides is 3. The third kappa shape index (κ3) is 4.04.